The van der Waals surface area contributed by atoms with Crippen molar-refractivity contribution in [1.29, 1.82) is 0 Å². The number of hydrogen-bond acceptors (Lipinski definition) is 6. The first-order valence-corrected chi connectivity index (χ1v) is 26.1. The van der Waals surface area contributed by atoms with Crippen molar-refractivity contribution < 1.29 is 13.7 Å². The van der Waals surface area contributed by atoms with E-state index in [4.69, 9.17) is 0 Å². The molecule has 0 aliphatic carbocycles. The quantitative estimate of drug-likeness (QED) is 0.121. The molecule has 3 aromatic rings. The van der Waals surface area contributed by atoms with Crippen molar-refractivity contribution in [3.8, 4) is 0 Å². The van der Waals surface area contributed by atoms with Crippen molar-refractivity contribution in [2.24, 2.45) is 0 Å². The van der Waals surface area contributed by atoms with Gasteiger partial charge in [-0.05, 0) is 72.9 Å². The molecule has 4 rings (SSSR count). The van der Waals surface area contributed by atoms with Crippen molar-refractivity contribution in [2.45, 2.75) is 78.2 Å². The molecule has 0 radical (unpaired) electrons. The highest BCUT2D eigenvalue weighted by Gasteiger charge is 2.41. The van der Waals surface area contributed by atoms with Gasteiger partial charge in [0.15, 0.2) is 0 Å². The summed E-state index contributed by atoms with van der Waals surface area (Å²) < 4.78 is 44.7. The number of rotatable bonds is 18. The Morgan fingerprint density at radius 3 is 0.765 bits per heavy atom. The predicted molar refractivity (Wildman–Crippen MR) is 223 cm³/mol. The van der Waals surface area contributed by atoms with Crippen LogP contribution in [0.1, 0.15) is 58.2 Å². The first kappa shape index (κ1) is 42.0. The van der Waals surface area contributed by atoms with Crippen LogP contribution in [0.25, 0.3) is 0 Å². The summed E-state index contributed by atoms with van der Waals surface area (Å²) in [5.41, 5.74) is 3.64. The van der Waals surface area contributed by atoms with Crippen LogP contribution in [0.2, 0.25) is 0 Å². The summed E-state index contributed by atoms with van der Waals surface area (Å²) in [5.74, 6) is -0.277. The van der Waals surface area contributed by atoms with Gasteiger partial charge >= 0.3 is 0 Å². The number of nitrogens with zero attached hydrogens (tertiary/aromatic N) is 3. The first-order chi connectivity index (χ1) is 24.6. The second kappa shape index (κ2) is 20.1. The Bertz CT molecular complexity index is 1360. The predicted octanol–water partition coefficient (Wildman–Crippen LogP) is 9.82. The van der Waals surface area contributed by atoms with Crippen molar-refractivity contribution in [1.82, 2.24) is 14.7 Å². The highest BCUT2D eigenvalue weighted by Crippen LogP contribution is 2.55. The molecule has 282 valence electrons. The lowest BCUT2D eigenvalue weighted by Gasteiger charge is -2.40. The highest BCUT2D eigenvalue weighted by molar-refractivity contribution is 7.65. The lowest BCUT2D eigenvalue weighted by molar-refractivity contribution is 0.191. The summed E-state index contributed by atoms with van der Waals surface area (Å²) in [6.45, 7) is 17.1. The Kier molecular flexibility index (Phi) is 16.5. The van der Waals surface area contributed by atoms with Crippen molar-refractivity contribution in [3.05, 3.63) is 108 Å². The standard InChI is InChI=1S/C42H66N3O3P3/c1-7-49(46,8-2)40(34-37-22-16-13-17-23-37)43-28-30-44(41(50(47,9-3)10-4)35-38-24-18-14-19-25-38)32-33-45(31-29-43)42(51(48,11-5)12-6)36-39-26-20-15-21-27-39/h13-27,40-42H,7-12,28-36H2,1-6H3. The van der Waals surface area contributed by atoms with Crippen LogP contribution in [0.15, 0.2) is 91.0 Å². The minimum atomic E-state index is -2.58. The second-order valence-electron chi connectivity index (χ2n) is 14.4. The van der Waals surface area contributed by atoms with E-state index in [0.29, 0.717) is 37.0 Å². The summed E-state index contributed by atoms with van der Waals surface area (Å²) in [7, 11) is -7.73. The van der Waals surface area contributed by atoms with Crippen molar-refractivity contribution in [2.75, 3.05) is 76.2 Å². The molecule has 0 spiro atoms. The van der Waals surface area contributed by atoms with Crippen LogP contribution in [0, 0.1) is 0 Å². The third-order valence-electron chi connectivity index (χ3n) is 11.9. The van der Waals surface area contributed by atoms with Gasteiger partial charge < -0.3 is 13.7 Å². The van der Waals surface area contributed by atoms with E-state index in [2.05, 4.69) is 129 Å². The Morgan fingerprint density at radius 1 is 0.392 bits per heavy atom. The van der Waals surface area contributed by atoms with Crippen LogP contribution in [0.5, 0.6) is 0 Å². The Balaban J connectivity index is 1.83. The van der Waals surface area contributed by atoms with Crippen LogP contribution in [0.4, 0.5) is 0 Å². The molecule has 0 saturated carbocycles. The van der Waals surface area contributed by atoms with Gasteiger partial charge in [0.2, 0.25) is 0 Å². The molecule has 3 atom stereocenters. The zero-order valence-corrected chi connectivity index (χ0v) is 35.1. The lowest BCUT2D eigenvalue weighted by Crippen LogP contribution is -2.46. The van der Waals surface area contributed by atoms with Gasteiger partial charge in [0.1, 0.15) is 21.4 Å². The second-order valence-corrected chi connectivity index (χ2v) is 25.7. The molecule has 1 aliphatic heterocycles. The van der Waals surface area contributed by atoms with E-state index >= 15 is 0 Å². The molecule has 51 heavy (non-hydrogen) atoms. The van der Waals surface area contributed by atoms with Crippen LogP contribution in [-0.2, 0) is 33.0 Å². The van der Waals surface area contributed by atoms with Gasteiger partial charge in [-0.25, -0.2) is 0 Å². The summed E-state index contributed by atoms with van der Waals surface area (Å²) in [5, 5.41) is 0. The van der Waals surface area contributed by atoms with Crippen molar-refractivity contribution >= 4 is 21.4 Å². The van der Waals surface area contributed by atoms with E-state index in [-0.39, 0.29) is 17.3 Å². The fraction of sp³-hybridized carbons (Fsp3) is 0.571. The normalized spacial score (nSPS) is 18.0. The maximum Gasteiger partial charge on any atom is 0.104 e. The maximum absolute atomic E-state index is 14.9. The Hall–Kier alpha value is -1.77. The van der Waals surface area contributed by atoms with E-state index in [1.165, 1.54) is 16.7 Å². The lowest BCUT2D eigenvalue weighted by atomic mass is 10.1. The zero-order chi connectivity index (χ0) is 36.9. The van der Waals surface area contributed by atoms with Gasteiger partial charge in [-0.1, -0.05) is 133 Å². The van der Waals surface area contributed by atoms with E-state index < -0.39 is 21.4 Å². The largest absolute Gasteiger partial charge is 0.322 e. The molecule has 9 heteroatoms. The molecule has 1 saturated heterocycles. The molecule has 6 nitrogen and oxygen atoms in total. The molecule has 1 fully saturated rings. The third-order valence-corrected chi connectivity index (χ3v) is 23.1. The molecule has 0 bridgehead atoms. The van der Waals surface area contributed by atoms with E-state index in [1.807, 2.05) is 18.2 Å². The fourth-order valence-electron chi connectivity index (χ4n) is 8.19. The molecule has 0 aromatic heterocycles. The molecular weight excluding hydrogens is 687 g/mol. The summed E-state index contributed by atoms with van der Waals surface area (Å²) >= 11 is 0. The van der Waals surface area contributed by atoms with E-state index in [0.717, 1.165) is 58.5 Å². The topological polar surface area (TPSA) is 60.9 Å². The molecular formula is C42H66N3O3P3. The third kappa shape index (κ3) is 10.9. The van der Waals surface area contributed by atoms with Gasteiger partial charge in [-0.3, -0.25) is 14.7 Å². The maximum atomic E-state index is 14.9. The fourth-order valence-corrected chi connectivity index (χ4v) is 16.2. The van der Waals surface area contributed by atoms with Gasteiger partial charge in [-0.2, -0.15) is 0 Å². The van der Waals surface area contributed by atoms with Gasteiger partial charge in [0.05, 0.1) is 17.3 Å². The average Bonchev–Trinajstić information content (AvgIpc) is 3.29. The first-order valence-electron chi connectivity index (χ1n) is 19.7. The molecule has 0 amide bonds. The van der Waals surface area contributed by atoms with Crippen molar-refractivity contribution in [3.63, 3.8) is 0 Å². The van der Waals surface area contributed by atoms with Gasteiger partial charge in [0, 0.05) is 39.3 Å². The van der Waals surface area contributed by atoms with Gasteiger partial charge in [-0.15, -0.1) is 0 Å². The molecule has 1 heterocycles. The van der Waals surface area contributed by atoms with E-state index in [9.17, 15) is 13.7 Å². The zero-order valence-electron chi connectivity index (χ0n) is 32.4. The Morgan fingerprint density at radius 2 is 0.588 bits per heavy atom. The Labute approximate surface area is 310 Å². The molecule has 3 aromatic carbocycles. The van der Waals surface area contributed by atoms with Crippen LogP contribution in [-0.4, -0.2) is 108 Å². The summed E-state index contributed by atoms with van der Waals surface area (Å²) in [4.78, 5) is 7.57. The van der Waals surface area contributed by atoms with Gasteiger partial charge in [0.25, 0.3) is 0 Å². The molecule has 1 aliphatic rings. The monoisotopic (exact) mass is 753 g/mol. The number of hydrogen-bond donors (Lipinski definition) is 0. The smallest absolute Gasteiger partial charge is 0.104 e. The van der Waals surface area contributed by atoms with E-state index in [1.54, 1.807) is 0 Å². The molecule has 0 N–H and O–H groups in total. The van der Waals surface area contributed by atoms with Crippen LogP contribution >= 0.6 is 21.4 Å². The van der Waals surface area contributed by atoms with Crippen LogP contribution in [0.3, 0.4) is 0 Å². The highest BCUT2D eigenvalue weighted by atomic mass is 31.2. The number of benzene rings is 3. The SMILES string of the molecule is CCP(=O)(CC)C(Cc1ccccc1)N1CCN(C(Cc2ccccc2)P(=O)(CC)CC)CCN(C(Cc2ccccc2)P(=O)(CC)CC)CC1. The average molecular weight is 754 g/mol. The minimum absolute atomic E-state index is 0.0924. The minimum Gasteiger partial charge on any atom is -0.322 e. The summed E-state index contributed by atoms with van der Waals surface area (Å²) in [6, 6.07) is 31.6. The molecule has 3 unspecified atom stereocenters. The van der Waals surface area contributed by atoms with Crippen LogP contribution < -0.4 is 0 Å². The summed E-state index contributed by atoms with van der Waals surface area (Å²) in [6.07, 6.45) is 6.22.